The van der Waals surface area contributed by atoms with Crippen LogP contribution < -0.4 is 4.90 Å². The van der Waals surface area contributed by atoms with E-state index in [0.717, 1.165) is 48.3 Å². The molecule has 0 radical (unpaired) electrons. The Morgan fingerprint density at radius 2 is 2.30 bits per heavy atom. The number of H-pyrrole nitrogens is 1. The summed E-state index contributed by atoms with van der Waals surface area (Å²) in [5.41, 5.74) is 3.06. The summed E-state index contributed by atoms with van der Waals surface area (Å²) in [7, 11) is 0. The van der Waals surface area contributed by atoms with Crippen LogP contribution in [0.5, 0.6) is 0 Å². The summed E-state index contributed by atoms with van der Waals surface area (Å²) < 4.78 is 6.08. The van der Waals surface area contributed by atoms with Crippen LogP contribution >= 0.6 is 0 Å². The van der Waals surface area contributed by atoms with Crippen molar-refractivity contribution in [2.75, 3.05) is 18.0 Å². The molecule has 23 heavy (non-hydrogen) atoms. The first-order chi connectivity index (χ1) is 11.4. The number of pyridine rings is 1. The minimum absolute atomic E-state index is 0.212. The Bertz CT molecular complexity index is 773. The van der Waals surface area contributed by atoms with Gasteiger partial charge in [0.05, 0.1) is 18.2 Å². The van der Waals surface area contributed by atoms with Gasteiger partial charge >= 0.3 is 0 Å². The Morgan fingerprint density at radius 3 is 3.22 bits per heavy atom. The predicted molar refractivity (Wildman–Crippen MR) is 88.1 cm³/mol. The highest BCUT2D eigenvalue weighted by atomic mass is 16.5. The molecule has 1 aliphatic heterocycles. The lowest BCUT2D eigenvalue weighted by Crippen LogP contribution is -2.40. The van der Waals surface area contributed by atoms with E-state index in [0.29, 0.717) is 6.61 Å². The molecule has 0 bridgehead atoms. The molecule has 0 amide bonds. The normalized spacial score (nSPS) is 18.4. The summed E-state index contributed by atoms with van der Waals surface area (Å²) in [4.78, 5) is 18.4. The van der Waals surface area contributed by atoms with E-state index in [2.05, 4.69) is 24.8 Å². The minimum Gasteiger partial charge on any atom is -0.372 e. The molecule has 3 aromatic heterocycles. The standard InChI is InChI=1S/C17H19N5O/c1-3-13(9-18-6-1)11-23-14-4-2-8-22(10-14)17-16-15(5-7-19-16)20-12-21-17/h1,3,5-7,9,12,14,19H,2,4,8,10-11H2. The zero-order chi connectivity index (χ0) is 15.5. The van der Waals surface area contributed by atoms with Crippen LogP contribution in [-0.4, -0.2) is 39.1 Å². The van der Waals surface area contributed by atoms with Crippen molar-refractivity contribution in [3.8, 4) is 0 Å². The van der Waals surface area contributed by atoms with Crippen molar-refractivity contribution in [1.82, 2.24) is 19.9 Å². The molecule has 1 unspecified atom stereocenters. The fourth-order valence-corrected chi connectivity index (χ4v) is 3.06. The van der Waals surface area contributed by atoms with Gasteiger partial charge in [0.2, 0.25) is 0 Å². The highest BCUT2D eigenvalue weighted by molar-refractivity contribution is 5.85. The number of aromatic amines is 1. The number of fused-ring (bicyclic) bond motifs is 1. The lowest BCUT2D eigenvalue weighted by molar-refractivity contribution is 0.0313. The summed E-state index contributed by atoms with van der Waals surface area (Å²) in [6.07, 6.45) is 9.56. The second kappa shape index (κ2) is 6.34. The second-order valence-corrected chi connectivity index (χ2v) is 5.82. The third kappa shape index (κ3) is 3.03. The first-order valence-corrected chi connectivity index (χ1v) is 7.94. The second-order valence-electron chi connectivity index (χ2n) is 5.82. The number of aromatic nitrogens is 4. The Labute approximate surface area is 134 Å². The molecule has 1 atom stereocenters. The van der Waals surface area contributed by atoms with Crippen LogP contribution in [0.1, 0.15) is 18.4 Å². The maximum Gasteiger partial charge on any atom is 0.156 e. The number of nitrogens with one attached hydrogen (secondary N) is 1. The molecule has 0 aliphatic carbocycles. The lowest BCUT2D eigenvalue weighted by atomic mass is 10.1. The van der Waals surface area contributed by atoms with Gasteiger partial charge in [0, 0.05) is 31.7 Å². The van der Waals surface area contributed by atoms with Crippen LogP contribution in [0.25, 0.3) is 11.0 Å². The third-order valence-electron chi connectivity index (χ3n) is 4.21. The Hall–Kier alpha value is -2.47. The van der Waals surface area contributed by atoms with E-state index >= 15 is 0 Å². The van der Waals surface area contributed by atoms with Crippen LogP contribution in [0.15, 0.2) is 43.1 Å². The molecule has 6 heteroatoms. The first kappa shape index (κ1) is 14.1. The summed E-state index contributed by atoms with van der Waals surface area (Å²) in [6.45, 7) is 2.46. The van der Waals surface area contributed by atoms with Crippen molar-refractivity contribution in [3.05, 3.63) is 48.7 Å². The van der Waals surface area contributed by atoms with Crippen LogP contribution in [0.4, 0.5) is 5.82 Å². The van der Waals surface area contributed by atoms with Crippen molar-refractivity contribution in [2.24, 2.45) is 0 Å². The van der Waals surface area contributed by atoms with E-state index < -0.39 is 0 Å². The largest absolute Gasteiger partial charge is 0.372 e. The predicted octanol–water partition coefficient (Wildman–Crippen LogP) is 2.54. The molecule has 4 heterocycles. The number of nitrogens with zero attached hydrogens (tertiary/aromatic N) is 4. The first-order valence-electron chi connectivity index (χ1n) is 7.94. The van der Waals surface area contributed by atoms with Gasteiger partial charge in [0.15, 0.2) is 5.82 Å². The molecule has 0 aromatic carbocycles. The molecule has 1 aliphatic rings. The molecular weight excluding hydrogens is 290 g/mol. The van der Waals surface area contributed by atoms with Gasteiger partial charge in [-0.05, 0) is 30.5 Å². The number of hydrogen-bond acceptors (Lipinski definition) is 5. The highest BCUT2D eigenvalue weighted by Crippen LogP contribution is 2.25. The molecule has 3 aromatic rings. The highest BCUT2D eigenvalue weighted by Gasteiger charge is 2.23. The Kier molecular flexibility index (Phi) is 3.90. The van der Waals surface area contributed by atoms with E-state index in [-0.39, 0.29) is 6.10 Å². The van der Waals surface area contributed by atoms with Crippen molar-refractivity contribution in [3.63, 3.8) is 0 Å². The fourth-order valence-electron chi connectivity index (χ4n) is 3.06. The van der Waals surface area contributed by atoms with Crippen molar-refractivity contribution in [1.29, 1.82) is 0 Å². The van der Waals surface area contributed by atoms with Crippen LogP contribution in [-0.2, 0) is 11.3 Å². The number of hydrogen-bond donors (Lipinski definition) is 1. The minimum atomic E-state index is 0.212. The Morgan fingerprint density at radius 1 is 1.30 bits per heavy atom. The monoisotopic (exact) mass is 309 g/mol. The number of rotatable bonds is 4. The van der Waals surface area contributed by atoms with Gasteiger partial charge in [0.25, 0.3) is 0 Å². The van der Waals surface area contributed by atoms with E-state index in [1.807, 2.05) is 30.6 Å². The van der Waals surface area contributed by atoms with E-state index in [4.69, 9.17) is 4.74 Å². The van der Waals surface area contributed by atoms with Crippen LogP contribution in [0, 0.1) is 0 Å². The summed E-state index contributed by atoms with van der Waals surface area (Å²) in [5, 5.41) is 0. The van der Waals surface area contributed by atoms with Gasteiger partial charge in [-0.2, -0.15) is 0 Å². The van der Waals surface area contributed by atoms with Gasteiger partial charge in [-0.3, -0.25) is 4.98 Å². The van der Waals surface area contributed by atoms with Gasteiger partial charge in [0.1, 0.15) is 11.8 Å². The quantitative estimate of drug-likeness (QED) is 0.802. The maximum atomic E-state index is 6.08. The molecule has 0 spiro atoms. The van der Waals surface area contributed by atoms with E-state index in [1.54, 1.807) is 12.5 Å². The van der Waals surface area contributed by atoms with Crippen molar-refractivity contribution in [2.45, 2.75) is 25.6 Å². The molecule has 1 saturated heterocycles. The summed E-state index contributed by atoms with van der Waals surface area (Å²) in [6, 6.07) is 5.95. The smallest absolute Gasteiger partial charge is 0.156 e. The number of piperidine rings is 1. The maximum absolute atomic E-state index is 6.08. The van der Waals surface area contributed by atoms with Gasteiger partial charge in [-0.1, -0.05) is 6.07 Å². The number of ether oxygens (including phenoxy) is 1. The molecule has 1 fully saturated rings. The zero-order valence-electron chi connectivity index (χ0n) is 12.9. The topological polar surface area (TPSA) is 66.9 Å². The molecule has 1 N–H and O–H groups in total. The zero-order valence-corrected chi connectivity index (χ0v) is 12.9. The molecular formula is C17H19N5O. The lowest BCUT2D eigenvalue weighted by Gasteiger charge is -2.33. The fraction of sp³-hybridized carbons (Fsp3) is 0.353. The molecule has 0 saturated carbocycles. The van der Waals surface area contributed by atoms with E-state index in [1.165, 1.54) is 0 Å². The average Bonchev–Trinajstić information content (AvgIpc) is 3.10. The summed E-state index contributed by atoms with van der Waals surface area (Å²) in [5.74, 6) is 0.967. The van der Waals surface area contributed by atoms with Gasteiger partial charge in [-0.15, -0.1) is 0 Å². The average molecular weight is 309 g/mol. The number of anilines is 1. The Balaban J connectivity index is 1.46. The third-order valence-corrected chi connectivity index (χ3v) is 4.21. The van der Waals surface area contributed by atoms with Crippen molar-refractivity contribution >= 4 is 16.9 Å². The SMILES string of the molecule is c1cncc(COC2CCCN(c3ncnc4cc[nH]c34)C2)c1. The molecule has 118 valence electrons. The van der Waals surface area contributed by atoms with Crippen molar-refractivity contribution < 1.29 is 4.74 Å². The molecule has 4 rings (SSSR count). The van der Waals surface area contributed by atoms with Crippen LogP contribution in [0.3, 0.4) is 0 Å². The molecule has 6 nitrogen and oxygen atoms in total. The van der Waals surface area contributed by atoms with Crippen LogP contribution in [0.2, 0.25) is 0 Å². The van der Waals surface area contributed by atoms with E-state index in [9.17, 15) is 0 Å². The van der Waals surface area contributed by atoms with Gasteiger partial charge < -0.3 is 14.6 Å². The summed E-state index contributed by atoms with van der Waals surface area (Å²) >= 11 is 0. The van der Waals surface area contributed by atoms with Gasteiger partial charge in [-0.25, -0.2) is 9.97 Å².